The van der Waals surface area contributed by atoms with Crippen LogP contribution in [-0.2, 0) is 19.3 Å². The topological polar surface area (TPSA) is 109 Å². The summed E-state index contributed by atoms with van der Waals surface area (Å²) in [7, 11) is 1.70. The van der Waals surface area contributed by atoms with Gasteiger partial charge in [0.2, 0.25) is 0 Å². The molecule has 0 radical (unpaired) electrons. The maximum atomic E-state index is 11.9. The summed E-state index contributed by atoms with van der Waals surface area (Å²) in [5.41, 5.74) is 7.10. The fourth-order valence-corrected chi connectivity index (χ4v) is 9.35. The molecular formula is C43H54O7. The molecule has 0 unspecified atom stereocenters. The highest BCUT2D eigenvalue weighted by atomic mass is 16.5. The summed E-state index contributed by atoms with van der Waals surface area (Å²) in [6.45, 7) is 6.75. The molecule has 1 aliphatic heterocycles. The van der Waals surface area contributed by atoms with Crippen molar-refractivity contribution in [2.75, 3.05) is 13.7 Å². The fraction of sp³-hybridized carbons (Fsp3) is 0.535. The van der Waals surface area contributed by atoms with Gasteiger partial charge in [-0.3, -0.25) is 0 Å². The molecule has 0 saturated heterocycles. The summed E-state index contributed by atoms with van der Waals surface area (Å²) in [5, 5.41) is 43.5. The second-order valence-electron chi connectivity index (χ2n) is 15.6. The molecule has 1 heterocycles. The zero-order valence-electron chi connectivity index (χ0n) is 30.0. The van der Waals surface area contributed by atoms with Crippen LogP contribution in [0.3, 0.4) is 0 Å². The summed E-state index contributed by atoms with van der Waals surface area (Å²) in [4.78, 5) is 0. The van der Waals surface area contributed by atoms with Crippen LogP contribution in [0.4, 0.5) is 0 Å². The molecule has 50 heavy (non-hydrogen) atoms. The highest BCUT2D eigenvalue weighted by Crippen LogP contribution is 2.56. The second-order valence-corrected chi connectivity index (χ2v) is 15.6. The number of phenolic OH excluding ortho intramolecular Hbond substituents is 2. The van der Waals surface area contributed by atoms with E-state index in [1.807, 2.05) is 24.3 Å². The van der Waals surface area contributed by atoms with E-state index in [9.17, 15) is 20.4 Å². The number of fused-ring (bicyclic) bond motifs is 5. The van der Waals surface area contributed by atoms with Crippen molar-refractivity contribution in [1.29, 1.82) is 0 Å². The fourth-order valence-electron chi connectivity index (χ4n) is 9.35. The van der Waals surface area contributed by atoms with Gasteiger partial charge in [-0.1, -0.05) is 45.4 Å². The average molecular weight is 683 g/mol. The molecule has 4 aliphatic rings. The van der Waals surface area contributed by atoms with Gasteiger partial charge in [-0.25, -0.2) is 0 Å². The summed E-state index contributed by atoms with van der Waals surface area (Å²) in [6, 6.07) is 11.4. The third-order valence-electron chi connectivity index (χ3n) is 11.8. The highest BCUT2D eigenvalue weighted by molar-refractivity contribution is 5.83. The molecule has 7 heteroatoms. The number of aromatic hydroxyl groups is 2. The zero-order chi connectivity index (χ0) is 35.1. The van der Waals surface area contributed by atoms with Crippen LogP contribution in [0.15, 0.2) is 48.6 Å². The SMILES string of the molecule is CC[C@H]1C[C@H]([C@@H]2Cc3cc(O)c(CC(C)C)cc3-c3c(OC)cc4c(c32)C[C@@H](O)[C@H](c2ccc(O)c(OC3CCCC3)c2)O4)C=C[C@H]1CCO. The molecule has 3 aromatic carbocycles. The van der Waals surface area contributed by atoms with E-state index in [1.54, 1.807) is 13.2 Å². The minimum atomic E-state index is -0.818. The van der Waals surface area contributed by atoms with E-state index in [0.717, 1.165) is 96.9 Å². The lowest BCUT2D eigenvalue weighted by Crippen LogP contribution is -2.33. The summed E-state index contributed by atoms with van der Waals surface area (Å²) >= 11 is 0. The average Bonchev–Trinajstić information content (AvgIpc) is 3.62. The van der Waals surface area contributed by atoms with Crippen molar-refractivity contribution in [3.8, 4) is 39.9 Å². The van der Waals surface area contributed by atoms with E-state index in [2.05, 4.69) is 39.0 Å². The van der Waals surface area contributed by atoms with Crippen molar-refractivity contribution in [3.63, 3.8) is 0 Å². The largest absolute Gasteiger partial charge is 0.508 e. The van der Waals surface area contributed by atoms with Gasteiger partial charge in [0.05, 0.1) is 19.3 Å². The Hall–Kier alpha value is -3.68. The molecule has 0 spiro atoms. The maximum absolute atomic E-state index is 11.9. The zero-order valence-corrected chi connectivity index (χ0v) is 30.0. The van der Waals surface area contributed by atoms with E-state index in [1.165, 1.54) is 5.56 Å². The number of aliphatic hydroxyl groups excluding tert-OH is 2. The van der Waals surface area contributed by atoms with Gasteiger partial charge < -0.3 is 34.6 Å². The Labute approximate surface area is 296 Å². The number of aliphatic hydroxyl groups is 2. The van der Waals surface area contributed by atoms with Crippen LogP contribution in [0.5, 0.6) is 28.7 Å². The van der Waals surface area contributed by atoms with Crippen LogP contribution in [0.2, 0.25) is 0 Å². The van der Waals surface area contributed by atoms with E-state index in [4.69, 9.17) is 14.2 Å². The van der Waals surface area contributed by atoms with Gasteiger partial charge in [0.15, 0.2) is 11.5 Å². The van der Waals surface area contributed by atoms with Gasteiger partial charge >= 0.3 is 0 Å². The third kappa shape index (κ3) is 6.59. The van der Waals surface area contributed by atoms with Crippen LogP contribution >= 0.6 is 0 Å². The predicted octanol–water partition coefficient (Wildman–Crippen LogP) is 8.57. The smallest absolute Gasteiger partial charge is 0.161 e. The minimum Gasteiger partial charge on any atom is -0.508 e. The Bertz CT molecular complexity index is 1720. The number of phenols is 2. The van der Waals surface area contributed by atoms with Crippen molar-refractivity contribution in [2.24, 2.45) is 23.7 Å². The Balaban J connectivity index is 1.33. The van der Waals surface area contributed by atoms with Gasteiger partial charge in [0.25, 0.3) is 0 Å². The third-order valence-corrected chi connectivity index (χ3v) is 11.8. The Morgan fingerprint density at radius 1 is 0.960 bits per heavy atom. The summed E-state index contributed by atoms with van der Waals surface area (Å²) < 4.78 is 19.2. The second kappa shape index (κ2) is 14.5. The molecule has 0 aromatic heterocycles. The van der Waals surface area contributed by atoms with Crippen LogP contribution in [0.1, 0.15) is 106 Å². The van der Waals surface area contributed by atoms with Crippen molar-refractivity contribution in [2.45, 2.75) is 109 Å². The number of hydrogen-bond donors (Lipinski definition) is 4. The summed E-state index contributed by atoms with van der Waals surface area (Å²) in [6.07, 6.45) is 12.3. The number of ether oxygens (including phenoxy) is 3. The molecule has 7 rings (SSSR count). The molecule has 6 atom stereocenters. The first-order valence-corrected chi connectivity index (χ1v) is 18.9. The number of allylic oxidation sites excluding steroid dienone is 2. The highest BCUT2D eigenvalue weighted by Gasteiger charge is 2.41. The predicted molar refractivity (Wildman–Crippen MR) is 195 cm³/mol. The van der Waals surface area contributed by atoms with E-state index < -0.39 is 12.2 Å². The lowest BCUT2D eigenvalue weighted by Gasteiger charge is -2.41. The molecule has 4 N–H and O–H groups in total. The van der Waals surface area contributed by atoms with Gasteiger partial charge in [-0.05, 0) is 133 Å². The molecule has 7 nitrogen and oxygen atoms in total. The van der Waals surface area contributed by atoms with Gasteiger partial charge in [0.1, 0.15) is 23.4 Å². The maximum Gasteiger partial charge on any atom is 0.161 e. The monoisotopic (exact) mass is 682 g/mol. The molecule has 0 bridgehead atoms. The van der Waals surface area contributed by atoms with E-state index >= 15 is 0 Å². The summed E-state index contributed by atoms with van der Waals surface area (Å²) in [5.74, 6) is 3.84. The van der Waals surface area contributed by atoms with Gasteiger partial charge in [0, 0.05) is 30.2 Å². The van der Waals surface area contributed by atoms with E-state index in [0.29, 0.717) is 41.4 Å². The number of benzene rings is 3. The Kier molecular flexibility index (Phi) is 10.1. The van der Waals surface area contributed by atoms with E-state index in [-0.39, 0.29) is 30.3 Å². The lowest BCUT2D eigenvalue weighted by atomic mass is 9.65. The molecule has 1 fully saturated rings. The normalized spacial score (nSPS) is 25.9. The molecule has 0 amide bonds. The molecule has 3 aliphatic carbocycles. The van der Waals surface area contributed by atoms with Crippen molar-refractivity contribution < 1.29 is 34.6 Å². The number of hydrogen-bond acceptors (Lipinski definition) is 7. The number of methoxy groups -OCH3 is 1. The van der Waals surface area contributed by atoms with Crippen molar-refractivity contribution in [1.82, 2.24) is 0 Å². The Morgan fingerprint density at radius 3 is 2.48 bits per heavy atom. The Morgan fingerprint density at radius 2 is 1.76 bits per heavy atom. The van der Waals surface area contributed by atoms with Gasteiger partial charge in [-0.2, -0.15) is 0 Å². The minimum absolute atomic E-state index is 0.0875. The van der Waals surface area contributed by atoms with Crippen LogP contribution < -0.4 is 14.2 Å². The molecule has 3 aromatic rings. The first kappa shape index (κ1) is 34.8. The first-order valence-electron chi connectivity index (χ1n) is 18.9. The number of rotatable bonds is 10. The molecular weight excluding hydrogens is 628 g/mol. The lowest BCUT2D eigenvalue weighted by molar-refractivity contribution is 0.0199. The quantitative estimate of drug-likeness (QED) is 0.159. The van der Waals surface area contributed by atoms with Crippen molar-refractivity contribution >= 4 is 0 Å². The van der Waals surface area contributed by atoms with Crippen LogP contribution in [-0.4, -0.2) is 46.4 Å². The molecule has 268 valence electrons. The first-order chi connectivity index (χ1) is 24.2. The van der Waals surface area contributed by atoms with Crippen LogP contribution in [0.25, 0.3) is 11.1 Å². The standard InChI is InChI=1S/C43H54O7/c1-5-25-17-27(11-10-26(25)14-15-44)32-18-29-20-36(46)30(16-24(2)3)19-33(29)42-40(48-4)23-38-34(41(32)42)22-37(47)43(50-38)28-12-13-35(45)39(21-28)49-31-8-6-7-9-31/h10-13,19-21,23-27,31-32,37,43-47H,5-9,14-18,22H2,1-4H3/t25-,26-,27+,32-,37+,43-/m0/s1. The molecule has 1 saturated carbocycles. The van der Waals surface area contributed by atoms with Crippen LogP contribution in [0, 0.1) is 23.7 Å². The van der Waals surface area contributed by atoms with Crippen molar-refractivity contribution in [3.05, 3.63) is 76.4 Å². The van der Waals surface area contributed by atoms with Gasteiger partial charge in [-0.15, -0.1) is 0 Å².